The molecule has 1 saturated carbocycles. The Balaban J connectivity index is 1.60. The monoisotopic (exact) mass is 330 g/mol. The van der Waals surface area contributed by atoms with E-state index >= 15 is 0 Å². The normalized spacial score (nSPS) is 21.2. The van der Waals surface area contributed by atoms with Gasteiger partial charge in [0.1, 0.15) is 6.04 Å². The lowest BCUT2D eigenvalue weighted by molar-refractivity contribution is -0.138. The first-order valence-electron chi connectivity index (χ1n) is 8.80. The zero-order valence-corrected chi connectivity index (χ0v) is 14.1. The zero-order valence-electron chi connectivity index (χ0n) is 14.1. The summed E-state index contributed by atoms with van der Waals surface area (Å²) in [4.78, 5) is 26.0. The molecule has 24 heavy (non-hydrogen) atoms. The third kappa shape index (κ3) is 3.78. The van der Waals surface area contributed by atoms with E-state index in [9.17, 15) is 9.59 Å². The maximum Gasteiger partial charge on any atom is 0.242 e. The number of benzene rings is 1. The fourth-order valence-corrected chi connectivity index (χ4v) is 4.04. The molecule has 1 spiro atoms. The molecule has 2 N–H and O–H groups in total. The number of hydrogen-bond donors (Lipinski definition) is 1. The molecular formula is C19H26N2O3. The molecule has 2 aliphatic rings. The SMILES string of the molecule is NC(=O)C(COCc1ccccc1)N1CC2(CCCCC2)CC1=O. The summed E-state index contributed by atoms with van der Waals surface area (Å²) in [5, 5.41) is 0. The van der Waals surface area contributed by atoms with Crippen LogP contribution in [0.15, 0.2) is 30.3 Å². The van der Waals surface area contributed by atoms with Gasteiger partial charge in [-0.25, -0.2) is 0 Å². The summed E-state index contributed by atoms with van der Waals surface area (Å²) < 4.78 is 5.68. The molecule has 1 aromatic rings. The van der Waals surface area contributed by atoms with Gasteiger partial charge >= 0.3 is 0 Å². The summed E-state index contributed by atoms with van der Waals surface area (Å²) in [5.74, 6) is -0.437. The number of rotatable bonds is 6. The Morgan fingerprint density at radius 3 is 2.58 bits per heavy atom. The summed E-state index contributed by atoms with van der Waals surface area (Å²) in [6.07, 6.45) is 6.29. The lowest BCUT2D eigenvalue weighted by Gasteiger charge is -2.34. The third-order valence-electron chi connectivity index (χ3n) is 5.36. The molecular weight excluding hydrogens is 304 g/mol. The van der Waals surface area contributed by atoms with Crippen molar-refractivity contribution < 1.29 is 14.3 Å². The number of hydrogen-bond acceptors (Lipinski definition) is 3. The van der Waals surface area contributed by atoms with Gasteiger partial charge in [-0.15, -0.1) is 0 Å². The highest BCUT2D eigenvalue weighted by Gasteiger charge is 2.46. The third-order valence-corrected chi connectivity index (χ3v) is 5.36. The first-order chi connectivity index (χ1) is 11.6. The van der Waals surface area contributed by atoms with Gasteiger partial charge in [-0.3, -0.25) is 9.59 Å². The second kappa shape index (κ2) is 7.34. The standard InChI is InChI=1S/C19H26N2O3/c20-18(23)16(13-24-12-15-7-3-1-4-8-15)21-14-19(11-17(21)22)9-5-2-6-10-19/h1,3-4,7-8,16H,2,5-6,9-14H2,(H2,20,23). The summed E-state index contributed by atoms with van der Waals surface area (Å²) in [6, 6.07) is 9.11. The second-order valence-corrected chi connectivity index (χ2v) is 7.18. The minimum Gasteiger partial charge on any atom is -0.374 e. The number of ether oxygens (including phenoxy) is 1. The number of carbonyl (C=O) groups excluding carboxylic acids is 2. The summed E-state index contributed by atoms with van der Waals surface area (Å²) in [5.41, 5.74) is 6.66. The minimum absolute atomic E-state index is 0.0454. The van der Waals surface area contributed by atoms with Crippen molar-refractivity contribution in [3.8, 4) is 0 Å². The first kappa shape index (κ1) is 17.0. The van der Waals surface area contributed by atoms with Gasteiger partial charge in [0.2, 0.25) is 11.8 Å². The van der Waals surface area contributed by atoms with Crippen molar-refractivity contribution in [3.05, 3.63) is 35.9 Å². The number of nitrogens with two attached hydrogens (primary N) is 1. The van der Waals surface area contributed by atoms with Crippen molar-refractivity contribution in [2.45, 2.75) is 51.2 Å². The van der Waals surface area contributed by atoms with Crippen LogP contribution in [0.2, 0.25) is 0 Å². The average Bonchev–Trinajstić information content (AvgIpc) is 2.88. The van der Waals surface area contributed by atoms with Crippen LogP contribution in [0, 0.1) is 5.41 Å². The van der Waals surface area contributed by atoms with Crippen LogP contribution in [0.4, 0.5) is 0 Å². The molecule has 5 nitrogen and oxygen atoms in total. The van der Waals surface area contributed by atoms with E-state index in [0.29, 0.717) is 19.6 Å². The highest BCUT2D eigenvalue weighted by molar-refractivity contribution is 5.88. The van der Waals surface area contributed by atoms with Crippen molar-refractivity contribution >= 4 is 11.8 Å². The first-order valence-corrected chi connectivity index (χ1v) is 8.80. The molecule has 130 valence electrons. The fourth-order valence-electron chi connectivity index (χ4n) is 4.04. The number of amides is 2. The van der Waals surface area contributed by atoms with Gasteiger partial charge in [0, 0.05) is 13.0 Å². The molecule has 5 heteroatoms. The van der Waals surface area contributed by atoms with Gasteiger partial charge < -0.3 is 15.4 Å². The van der Waals surface area contributed by atoms with Crippen LogP contribution >= 0.6 is 0 Å². The molecule has 0 aromatic heterocycles. The lowest BCUT2D eigenvalue weighted by Crippen LogP contribution is -2.49. The molecule has 2 fully saturated rings. The van der Waals surface area contributed by atoms with Gasteiger partial charge in [0.25, 0.3) is 0 Å². The number of nitrogens with zero attached hydrogens (tertiary/aromatic N) is 1. The molecule has 1 saturated heterocycles. The van der Waals surface area contributed by atoms with E-state index in [0.717, 1.165) is 18.4 Å². The average molecular weight is 330 g/mol. The molecule has 1 heterocycles. The van der Waals surface area contributed by atoms with E-state index in [2.05, 4.69) is 0 Å². The molecule has 1 unspecified atom stereocenters. The smallest absolute Gasteiger partial charge is 0.242 e. The Morgan fingerprint density at radius 1 is 1.21 bits per heavy atom. The second-order valence-electron chi connectivity index (χ2n) is 7.18. The molecule has 1 aliphatic carbocycles. The summed E-state index contributed by atoms with van der Waals surface area (Å²) >= 11 is 0. The predicted molar refractivity (Wildman–Crippen MR) is 90.9 cm³/mol. The Hall–Kier alpha value is -1.88. The van der Waals surface area contributed by atoms with E-state index in [1.54, 1.807) is 4.90 Å². The predicted octanol–water partition coefficient (Wildman–Crippen LogP) is 2.24. The lowest BCUT2D eigenvalue weighted by atomic mass is 9.73. The molecule has 1 aliphatic heterocycles. The maximum atomic E-state index is 12.5. The molecule has 1 aromatic carbocycles. The Labute approximate surface area is 143 Å². The molecule has 2 amide bonds. The van der Waals surface area contributed by atoms with Crippen LogP contribution in [0.1, 0.15) is 44.1 Å². The van der Waals surface area contributed by atoms with Crippen LogP contribution in [0.25, 0.3) is 0 Å². The van der Waals surface area contributed by atoms with Crippen molar-refractivity contribution in [3.63, 3.8) is 0 Å². The quantitative estimate of drug-likeness (QED) is 0.869. The zero-order chi connectivity index (χ0) is 17.0. The Bertz CT molecular complexity index is 582. The van der Waals surface area contributed by atoms with E-state index in [1.807, 2.05) is 30.3 Å². The number of likely N-dealkylation sites (tertiary alicyclic amines) is 1. The summed E-state index contributed by atoms with van der Waals surface area (Å²) in [6.45, 7) is 1.22. The van der Waals surface area contributed by atoms with E-state index in [-0.39, 0.29) is 17.9 Å². The Kier molecular flexibility index (Phi) is 5.19. The van der Waals surface area contributed by atoms with E-state index in [1.165, 1.54) is 19.3 Å². The van der Waals surface area contributed by atoms with Crippen molar-refractivity contribution in [1.82, 2.24) is 4.90 Å². The van der Waals surface area contributed by atoms with Crippen molar-refractivity contribution in [2.24, 2.45) is 11.1 Å². The van der Waals surface area contributed by atoms with Crippen LogP contribution < -0.4 is 5.73 Å². The minimum atomic E-state index is -0.664. The van der Waals surface area contributed by atoms with Crippen molar-refractivity contribution in [1.29, 1.82) is 0 Å². The van der Waals surface area contributed by atoms with Crippen LogP contribution in [-0.4, -0.2) is 35.9 Å². The van der Waals surface area contributed by atoms with Gasteiger partial charge in [-0.2, -0.15) is 0 Å². The van der Waals surface area contributed by atoms with Gasteiger partial charge in [-0.05, 0) is 23.8 Å². The van der Waals surface area contributed by atoms with E-state index < -0.39 is 11.9 Å². The maximum absolute atomic E-state index is 12.5. The van der Waals surface area contributed by atoms with E-state index in [4.69, 9.17) is 10.5 Å². The highest BCUT2D eigenvalue weighted by atomic mass is 16.5. The highest BCUT2D eigenvalue weighted by Crippen LogP contribution is 2.44. The largest absolute Gasteiger partial charge is 0.374 e. The van der Waals surface area contributed by atoms with Gasteiger partial charge in [0.05, 0.1) is 13.2 Å². The Morgan fingerprint density at radius 2 is 1.92 bits per heavy atom. The van der Waals surface area contributed by atoms with Crippen molar-refractivity contribution in [2.75, 3.05) is 13.2 Å². The van der Waals surface area contributed by atoms with Gasteiger partial charge in [-0.1, -0.05) is 49.6 Å². The van der Waals surface area contributed by atoms with Crippen LogP contribution in [0.5, 0.6) is 0 Å². The van der Waals surface area contributed by atoms with Crippen LogP contribution in [0.3, 0.4) is 0 Å². The van der Waals surface area contributed by atoms with Gasteiger partial charge in [0.15, 0.2) is 0 Å². The topological polar surface area (TPSA) is 72.6 Å². The molecule has 3 rings (SSSR count). The molecule has 1 atom stereocenters. The number of primary amides is 1. The molecule has 0 radical (unpaired) electrons. The number of carbonyl (C=O) groups is 2. The summed E-state index contributed by atoms with van der Waals surface area (Å²) in [7, 11) is 0. The molecule has 0 bridgehead atoms. The fraction of sp³-hybridized carbons (Fsp3) is 0.579. The van der Waals surface area contributed by atoms with Crippen LogP contribution in [-0.2, 0) is 20.9 Å².